The predicted molar refractivity (Wildman–Crippen MR) is 66.8 cm³/mol. The van der Waals surface area contributed by atoms with Crippen molar-refractivity contribution in [1.29, 1.82) is 0 Å². The number of aliphatic hydroxyl groups excluding tert-OH is 2. The first-order valence-electron chi connectivity index (χ1n) is 6.86. The number of amides is 1. The van der Waals surface area contributed by atoms with Crippen LogP contribution in [-0.4, -0.2) is 47.3 Å². The Balaban J connectivity index is 1.75. The summed E-state index contributed by atoms with van der Waals surface area (Å²) in [7, 11) is 0. The molecule has 1 amide bonds. The number of likely N-dealkylation sites (tertiary alicyclic amines) is 1. The van der Waals surface area contributed by atoms with E-state index in [0.29, 0.717) is 18.7 Å². The summed E-state index contributed by atoms with van der Waals surface area (Å²) < 4.78 is 14.1. The number of fused-ring (bicyclic) bond motifs is 1. The molecule has 0 aromatic carbocycles. The molecule has 5 heteroatoms. The van der Waals surface area contributed by atoms with E-state index in [0.717, 1.165) is 19.3 Å². The number of nitrogens with zero attached hydrogens (tertiary/aromatic N) is 1. The van der Waals surface area contributed by atoms with Gasteiger partial charge in [-0.05, 0) is 37.7 Å². The summed E-state index contributed by atoms with van der Waals surface area (Å²) in [6, 6.07) is 0. The van der Waals surface area contributed by atoms with E-state index in [2.05, 4.69) is 0 Å². The number of piperidine rings is 1. The van der Waals surface area contributed by atoms with Crippen LogP contribution in [-0.2, 0) is 4.79 Å². The van der Waals surface area contributed by atoms with Crippen molar-refractivity contribution in [3.05, 3.63) is 11.4 Å². The molecule has 0 spiro atoms. The Labute approximate surface area is 111 Å². The van der Waals surface area contributed by atoms with Crippen LogP contribution in [0.2, 0.25) is 0 Å². The zero-order valence-electron chi connectivity index (χ0n) is 11.2. The number of hydrogen-bond acceptors (Lipinski definition) is 3. The molecule has 0 aromatic rings. The summed E-state index contributed by atoms with van der Waals surface area (Å²) in [4.78, 5) is 13.6. The van der Waals surface area contributed by atoms with Gasteiger partial charge in [0.15, 0.2) is 5.83 Å². The average molecular weight is 269 g/mol. The fraction of sp³-hybridized carbons (Fsp3) is 0.786. The first-order valence-corrected chi connectivity index (χ1v) is 6.86. The van der Waals surface area contributed by atoms with Gasteiger partial charge < -0.3 is 15.1 Å². The second kappa shape index (κ2) is 4.03. The highest BCUT2D eigenvalue weighted by atomic mass is 19.1. The minimum absolute atomic E-state index is 0.0513. The van der Waals surface area contributed by atoms with Gasteiger partial charge in [-0.1, -0.05) is 0 Å². The molecule has 1 heterocycles. The van der Waals surface area contributed by atoms with Gasteiger partial charge in [-0.15, -0.1) is 0 Å². The summed E-state index contributed by atoms with van der Waals surface area (Å²) in [5.41, 5.74) is -0.238. The SMILES string of the molecule is C/C(=C(/F)C(=O)N1C[C@@]2(CO)C[C@@]2(CO)C1)C1CC1. The Morgan fingerprint density at radius 1 is 1.26 bits per heavy atom. The summed E-state index contributed by atoms with van der Waals surface area (Å²) in [5.74, 6) is -0.970. The molecule has 2 atom stereocenters. The topological polar surface area (TPSA) is 60.8 Å². The van der Waals surface area contributed by atoms with E-state index in [9.17, 15) is 19.4 Å². The Hall–Kier alpha value is -0.940. The van der Waals surface area contributed by atoms with E-state index in [-0.39, 0.29) is 19.1 Å². The van der Waals surface area contributed by atoms with Crippen molar-refractivity contribution in [2.24, 2.45) is 16.7 Å². The molecule has 3 rings (SSSR count). The summed E-state index contributed by atoms with van der Waals surface area (Å²) in [5, 5.41) is 18.9. The van der Waals surface area contributed by atoms with E-state index >= 15 is 0 Å². The molecule has 1 aliphatic heterocycles. The number of carbonyl (C=O) groups excluding carboxylic acids is 1. The molecule has 0 unspecified atom stereocenters. The van der Waals surface area contributed by atoms with Gasteiger partial charge >= 0.3 is 0 Å². The van der Waals surface area contributed by atoms with Crippen LogP contribution in [0.3, 0.4) is 0 Å². The van der Waals surface area contributed by atoms with Gasteiger partial charge in [0, 0.05) is 23.9 Å². The fourth-order valence-corrected chi connectivity index (χ4v) is 3.53. The zero-order valence-corrected chi connectivity index (χ0v) is 11.2. The molecule has 2 saturated carbocycles. The molecule has 0 aromatic heterocycles. The number of hydrogen-bond donors (Lipinski definition) is 2. The number of rotatable bonds is 4. The van der Waals surface area contributed by atoms with Gasteiger partial charge in [0.1, 0.15) is 0 Å². The minimum atomic E-state index is -0.634. The zero-order chi connectivity index (χ0) is 13.8. The van der Waals surface area contributed by atoms with Gasteiger partial charge in [-0.3, -0.25) is 4.79 Å². The highest BCUT2D eigenvalue weighted by Gasteiger charge is 2.72. The maximum absolute atomic E-state index is 14.1. The molecule has 4 nitrogen and oxygen atoms in total. The number of allylic oxidation sites excluding steroid dienone is 1. The van der Waals surface area contributed by atoms with Crippen LogP contribution >= 0.6 is 0 Å². The van der Waals surface area contributed by atoms with Crippen molar-refractivity contribution >= 4 is 5.91 Å². The largest absolute Gasteiger partial charge is 0.396 e. The van der Waals surface area contributed by atoms with Crippen LogP contribution in [0.15, 0.2) is 11.4 Å². The molecule has 19 heavy (non-hydrogen) atoms. The van der Waals surface area contributed by atoms with Crippen LogP contribution < -0.4 is 0 Å². The Bertz CT molecular complexity index is 442. The molecular weight excluding hydrogens is 249 g/mol. The summed E-state index contributed by atoms with van der Waals surface area (Å²) >= 11 is 0. The van der Waals surface area contributed by atoms with Crippen LogP contribution in [0.5, 0.6) is 0 Å². The molecule has 3 fully saturated rings. The third kappa shape index (κ3) is 1.75. The van der Waals surface area contributed by atoms with Crippen LogP contribution in [0.1, 0.15) is 26.2 Å². The number of halogens is 1. The highest BCUT2D eigenvalue weighted by Crippen LogP contribution is 2.67. The van der Waals surface area contributed by atoms with Crippen LogP contribution in [0.25, 0.3) is 0 Å². The lowest BCUT2D eigenvalue weighted by molar-refractivity contribution is -0.128. The van der Waals surface area contributed by atoms with E-state index in [1.807, 2.05) is 0 Å². The lowest BCUT2D eigenvalue weighted by atomic mass is 9.98. The molecule has 2 aliphatic carbocycles. The summed E-state index contributed by atoms with van der Waals surface area (Å²) in [6.07, 6.45) is 2.66. The van der Waals surface area contributed by atoms with Crippen molar-refractivity contribution in [3.63, 3.8) is 0 Å². The fourth-order valence-electron chi connectivity index (χ4n) is 3.53. The molecule has 1 saturated heterocycles. The Morgan fingerprint density at radius 3 is 2.21 bits per heavy atom. The monoisotopic (exact) mass is 269 g/mol. The first-order chi connectivity index (χ1) is 8.98. The van der Waals surface area contributed by atoms with Crippen LogP contribution in [0, 0.1) is 16.7 Å². The minimum Gasteiger partial charge on any atom is -0.396 e. The highest BCUT2D eigenvalue weighted by molar-refractivity contribution is 5.92. The Kier molecular flexibility index (Phi) is 2.77. The lowest BCUT2D eigenvalue weighted by Crippen LogP contribution is -2.34. The number of carbonyl (C=O) groups is 1. The number of aliphatic hydroxyl groups is 2. The van der Waals surface area contributed by atoms with Gasteiger partial charge in [0.2, 0.25) is 0 Å². The molecule has 106 valence electrons. The predicted octanol–water partition coefficient (Wildman–Crippen LogP) is 0.843. The van der Waals surface area contributed by atoms with Gasteiger partial charge in [0.05, 0.1) is 13.2 Å². The lowest BCUT2D eigenvalue weighted by Gasteiger charge is -2.20. The normalized spacial score (nSPS) is 38.0. The molecule has 3 aliphatic rings. The molecule has 0 radical (unpaired) electrons. The van der Waals surface area contributed by atoms with Crippen LogP contribution in [0.4, 0.5) is 4.39 Å². The quantitative estimate of drug-likeness (QED) is 0.744. The van der Waals surface area contributed by atoms with Crippen molar-refractivity contribution < 1.29 is 19.4 Å². The maximum atomic E-state index is 14.1. The second-order valence-electron chi connectivity index (χ2n) is 6.49. The first kappa shape index (κ1) is 13.1. The average Bonchev–Trinajstić information content (AvgIpc) is 3.34. The maximum Gasteiger partial charge on any atom is 0.282 e. The molecular formula is C14H20FNO3. The van der Waals surface area contributed by atoms with E-state index in [4.69, 9.17) is 0 Å². The Morgan fingerprint density at radius 2 is 1.79 bits per heavy atom. The van der Waals surface area contributed by atoms with Crippen molar-refractivity contribution in [2.45, 2.75) is 26.2 Å². The van der Waals surface area contributed by atoms with E-state index in [1.165, 1.54) is 4.90 Å². The van der Waals surface area contributed by atoms with Gasteiger partial charge in [0.25, 0.3) is 5.91 Å². The molecule has 2 N–H and O–H groups in total. The second-order valence-corrected chi connectivity index (χ2v) is 6.49. The molecule has 0 bridgehead atoms. The third-order valence-electron chi connectivity index (χ3n) is 5.28. The van der Waals surface area contributed by atoms with Gasteiger partial charge in [-0.2, -0.15) is 0 Å². The van der Waals surface area contributed by atoms with E-state index < -0.39 is 22.6 Å². The van der Waals surface area contributed by atoms with E-state index in [1.54, 1.807) is 6.92 Å². The standard InChI is InChI=1S/C14H20FNO3/c1-9(10-2-3-10)11(15)12(19)16-5-13(7-17)4-14(13,6-16)8-18/h10,17-18H,2-8H2,1H3/b11-9-/t13-,14+. The van der Waals surface area contributed by atoms with Crippen molar-refractivity contribution in [2.75, 3.05) is 26.3 Å². The summed E-state index contributed by atoms with van der Waals surface area (Å²) in [6.45, 7) is 2.29. The smallest absolute Gasteiger partial charge is 0.282 e. The third-order valence-corrected chi connectivity index (χ3v) is 5.28. The van der Waals surface area contributed by atoms with Gasteiger partial charge in [-0.25, -0.2) is 4.39 Å². The van der Waals surface area contributed by atoms with Crippen molar-refractivity contribution in [3.8, 4) is 0 Å². The van der Waals surface area contributed by atoms with Crippen molar-refractivity contribution in [1.82, 2.24) is 4.90 Å².